The third-order valence-corrected chi connectivity index (χ3v) is 2.42. The van der Waals surface area contributed by atoms with Crippen LogP contribution in [0.3, 0.4) is 0 Å². The van der Waals surface area contributed by atoms with Gasteiger partial charge in [-0.25, -0.2) is 4.98 Å². The monoisotopic (exact) mass is 165 g/mol. The number of rotatable bonds is 2. The second-order valence-electron chi connectivity index (χ2n) is 3.83. The minimum absolute atomic E-state index is 0.644. The summed E-state index contributed by atoms with van der Waals surface area (Å²) in [5.74, 6) is 1.81. The number of hydrogen-bond acceptors (Lipinski definition) is 2. The van der Waals surface area contributed by atoms with E-state index in [0.29, 0.717) is 6.04 Å². The van der Waals surface area contributed by atoms with Crippen LogP contribution in [0.1, 0.15) is 25.5 Å². The molecule has 2 rings (SSSR count). The zero-order valence-corrected chi connectivity index (χ0v) is 7.59. The van der Waals surface area contributed by atoms with Gasteiger partial charge in [0.05, 0.1) is 0 Å². The number of nitrogens with one attached hydrogen (secondary N) is 2. The second kappa shape index (κ2) is 2.81. The third-order valence-electron chi connectivity index (χ3n) is 2.42. The van der Waals surface area contributed by atoms with Crippen LogP contribution < -0.4 is 5.32 Å². The summed E-state index contributed by atoms with van der Waals surface area (Å²) in [6, 6.07) is 0.644. The Labute approximate surface area is 72.6 Å². The maximum Gasteiger partial charge on any atom is 0.200 e. The van der Waals surface area contributed by atoms with Crippen LogP contribution >= 0.6 is 0 Å². The van der Waals surface area contributed by atoms with Crippen LogP contribution in [0.25, 0.3) is 0 Å². The summed E-state index contributed by atoms with van der Waals surface area (Å²) in [5, 5.41) is 3.36. The molecule has 0 amide bonds. The molecule has 1 aliphatic rings. The molecule has 1 saturated carbocycles. The molecule has 0 atom stereocenters. The zero-order chi connectivity index (χ0) is 8.55. The fraction of sp³-hybridized carbons (Fsp3) is 0.667. The van der Waals surface area contributed by atoms with Gasteiger partial charge in [0.15, 0.2) is 0 Å². The SMILES string of the molecule is Cc1cnc(NC2CC(C)C2)[nH]1. The lowest BCUT2D eigenvalue weighted by Gasteiger charge is -2.33. The molecule has 0 spiro atoms. The van der Waals surface area contributed by atoms with Gasteiger partial charge in [-0.15, -0.1) is 0 Å². The molecule has 0 aromatic carbocycles. The van der Waals surface area contributed by atoms with Crippen LogP contribution in [0.15, 0.2) is 6.20 Å². The molecule has 3 heteroatoms. The molecule has 0 aliphatic heterocycles. The van der Waals surface area contributed by atoms with Gasteiger partial charge in [-0.2, -0.15) is 0 Å². The lowest BCUT2D eigenvalue weighted by molar-refractivity contribution is 0.308. The van der Waals surface area contributed by atoms with Gasteiger partial charge in [0.25, 0.3) is 0 Å². The number of aromatic amines is 1. The summed E-state index contributed by atoms with van der Waals surface area (Å²) in [6.45, 7) is 4.30. The number of H-pyrrole nitrogens is 1. The van der Waals surface area contributed by atoms with E-state index in [2.05, 4.69) is 22.2 Å². The Balaban J connectivity index is 1.88. The number of anilines is 1. The third kappa shape index (κ3) is 1.44. The largest absolute Gasteiger partial charge is 0.353 e. The smallest absolute Gasteiger partial charge is 0.200 e. The van der Waals surface area contributed by atoms with Gasteiger partial charge in [-0.3, -0.25) is 0 Å². The van der Waals surface area contributed by atoms with Crippen molar-refractivity contribution in [3.05, 3.63) is 11.9 Å². The Morgan fingerprint density at radius 1 is 1.58 bits per heavy atom. The fourth-order valence-corrected chi connectivity index (χ4v) is 1.70. The molecule has 0 radical (unpaired) electrons. The number of hydrogen-bond donors (Lipinski definition) is 2. The van der Waals surface area contributed by atoms with E-state index in [1.165, 1.54) is 12.8 Å². The van der Waals surface area contributed by atoms with Crippen LogP contribution in [0.2, 0.25) is 0 Å². The quantitative estimate of drug-likeness (QED) is 0.703. The van der Waals surface area contributed by atoms with Gasteiger partial charge in [0.2, 0.25) is 5.95 Å². The van der Waals surface area contributed by atoms with Crippen LogP contribution in [0, 0.1) is 12.8 Å². The van der Waals surface area contributed by atoms with Crippen LogP contribution in [0.4, 0.5) is 5.95 Å². The highest BCUT2D eigenvalue weighted by molar-refractivity contribution is 5.28. The maximum absolute atomic E-state index is 4.20. The number of nitrogens with zero attached hydrogens (tertiary/aromatic N) is 1. The average molecular weight is 165 g/mol. The van der Waals surface area contributed by atoms with E-state index >= 15 is 0 Å². The zero-order valence-electron chi connectivity index (χ0n) is 7.59. The van der Waals surface area contributed by atoms with Crippen molar-refractivity contribution in [3.8, 4) is 0 Å². The Morgan fingerprint density at radius 3 is 2.83 bits per heavy atom. The highest BCUT2D eigenvalue weighted by Gasteiger charge is 2.25. The molecule has 1 aliphatic carbocycles. The average Bonchev–Trinajstić information content (AvgIpc) is 2.33. The van der Waals surface area contributed by atoms with Gasteiger partial charge < -0.3 is 10.3 Å². The summed E-state index contributed by atoms with van der Waals surface area (Å²) in [6.07, 6.45) is 4.41. The molecular formula is C9H15N3. The molecule has 1 fully saturated rings. The number of aromatic nitrogens is 2. The highest BCUT2D eigenvalue weighted by Crippen LogP contribution is 2.28. The van der Waals surface area contributed by atoms with Gasteiger partial charge in [-0.1, -0.05) is 6.92 Å². The first kappa shape index (κ1) is 7.65. The van der Waals surface area contributed by atoms with E-state index in [9.17, 15) is 0 Å². The van der Waals surface area contributed by atoms with Crippen LogP contribution in [0.5, 0.6) is 0 Å². The highest BCUT2D eigenvalue weighted by atomic mass is 15.1. The van der Waals surface area contributed by atoms with Gasteiger partial charge in [0.1, 0.15) is 0 Å². The predicted octanol–water partition coefficient (Wildman–Crippen LogP) is 1.93. The fourth-order valence-electron chi connectivity index (χ4n) is 1.70. The first-order valence-electron chi connectivity index (χ1n) is 4.52. The van der Waals surface area contributed by atoms with E-state index in [1.807, 2.05) is 13.1 Å². The first-order chi connectivity index (χ1) is 5.74. The Hall–Kier alpha value is -0.990. The van der Waals surface area contributed by atoms with Gasteiger partial charge in [-0.05, 0) is 25.7 Å². The van der Waals surface area contributed by atoms with E-state index < -0.39 is 0 Å². The minimum atomic E-state index is 0.644. The summed E-state index contributed by atoms with van der Waals surface area (Å²) >= 11 is 0. The standard InChI is InChI=1S/C9H15N3/c1-6-3-8(4-6)12-9-10-5-7(2)11-9/h5-6,8H,3-4H2,1-2H3,(H2,10,11,12). The van der Waals surface area contributed by atoms with Crippen molar-refractivity contribution in [1.82, 2.24) is 9.97 Å². The van der Waals surface area contributed by atoms with Crippen molar-refractivity contribution in [1.29, 1.82) is 0 Å². The Bertz CT molecular complexity index is 260. The topological polar surface area (TPSA) is 40.7 Å². The van der Waals surface area contributed by atoms with E-state index in [1.54, 1.807) is 0 Å². The summed E-state index contributed by atoms with van der Waals surface area (Å²) in [5.41, 5.74) is 1.12. The molecule has 3 nitrogen and oxygen atoms in total. The normalized spacial score (nSPS) is 28.2. The van der Waals surface area contributed by atoms with Gasteiger partial charge in [0, 0.05) is 17.9 Å². The minimum Gasteiger partial charge on any atom is -0.353 e. The first-order valence-corrected chi connectivity index (χ1v) is 4.52. The molecule has 1 aromatic heterocycles. The number of aryl methyl sites for hydroxylation is 1. The molecule has 0 unspecified atom stereocenters. The lowest BCUT2D eigenvalue weighted by atomic mass is 9.82. The van der Waals surface area contributed by atoms with Crippen molar-refractivity contribution in [2.45, 2.75) is 32.7 Å². The summed E-state index contributed by atoms with van der Waals surface area (Å²) in [7, 11) is 0. The second-order valence-corrected chi connectivity index (χ2v) is 3.83. The Kier molecular flexibility index (Phi) is 1.79. The molecule has 1 aromatic rings. The molecule has 66 valence electrons. The van der Waals surface area contributed by atoms with Crippen LogP contribution in [-0.4, -0.2) is 16.0 Å². The van der Waals surface area contributed by atoms with Crippen molar-refractivity contribution in [2.24, 2.45) is 5.92 Å². The summed E-state index contributed by atoms with van der Waals surface area (Å²) in [4.78, 5) is 7.36. The molecule has 0 saturated heterocycles. The van der Waals surface area contributed by atoms with Crippen molar-refractivity contribution in [2.75, 3.05) is 5.32 Å². The maximum atomic E-state index is 4.20. The van der Waals surface area contributed by atoms with Crippen molar-refractivity contribution < 1.29 is 0 Å². The van der Waals surface area contributed by atoms with Crippen molar-refractivity contribution in [3.63, 3.8) is 0 Å². The Morgan fingerprint density at radius 2 is 2.33 bits per heavy atom. The number of imidazole rings is 1. The van der Waals surface area contributed by atoms with E-state index in [0.717, 1.165) is 17.6 Å². The lowest BCUT2D eigenvalue weighted by Crippen LogP contribution is -2.34. The molecule has 1 heterocycles. The summed E-state index contributed by atoms with van der Waals surface area (Å²) < 4.78 is 0. The van der Waals surface area contributed by atoms with Gasteiger partial charge >= 0.3 is 0 Å². The van der Waals surface area contributed by atoms with E-state index in [4.69, 9.17) is 0 Å². The van der Waals surface area contributed by atoms with Crippen molar-refractivity contribution >= 4 is 5.95 Å². The van der Waals surface area contributed by atoms with E-state index in [-0.39, 0.29) is 0 Å². The molecule has 12 heavy (non-hydrogen) atoms. The predicted molar refractivity (Wildman–Crippen MR) is 49.1 cm³/mol. The molecule has 0 bridgehead atoms. The molecule has 2 N–H and O–H groups in total. The van der Waals surface area contributed by atoms with Crippen LogP contribution in [-0.2, 0) is 0 Å². The molecular weight excluding hydrogens is 150 g/mol.